The van der Waals surface area contributed by atoms with Crippen LogP contribution < -0.4 is 10.6 Å². The summed E-state index contributed by atoms with van der Waals surface area (Å²) in [6.07, 6.45) is 4.99. The zero-order valence-electron chi connectivity index (χ0n) is 17.6. The average molecular weight is 459 g/mol. The van der Waals surface area contributed by atoms with Gasteiger partial charge in [0.2, 0.25) is 0 Å². The van der Waals surface area contributed by atoms with Gasteiger partial charge in [0.25, 0.3) is 0 Å². The molecule has 29 heavy (non-hydrogen) atoms. The molecule has 1 heterocycles. The summed E-state index contributed by atoms with van der Waals surface area (Å²) in [5, 5.41) is 7.12. The number of halogens is 2. The summed E-state index contributed by atoms with van der Waals surface area (Å²) in [5.41, 5.74) is 3.58. The summed E-state index contributed by atoms with van der Waals surface area (Å²) in [5.74, 6) is 0. The Balaban J connectivity index is 0.000000415. The third-order valence-electron chi connectivity index (χ3n) is 3.74. The first kappa shape index (κ1) is 27.4. The first-order valence-electron chi connectivity index (χ1n) is 9.83. The SMILES string of the molecule is CC.CCCC=O.CNc1ccc(S(=O)Cl)cc1.Clc1ccc2c(c1)CCCN2. The minimum absolute atomic E-state index is 0.630. The molecule has 1 aliphatic heterocycles. The molecule has 1 atom stereocenters. The standard InChI is InChI=1S/C9H10ClN.C7H8ClNOS.C4H8O.C2H6/c10-8-3-4-9-7(6-8)2-1-5-11-9;1-9-6-2-4-7(5-3-6)11(8)10;1-2-3-4-5;1-2/h3-4,6,11H,1-2,5H2;2-5,9H,1H3;4H,2-3H2,1H3;1-2H3. The zero-order chi connectivity index (χ0) is 22.1. The van der Waals surface area contributed by atoms with Crippen LogP contribution in [0, 0.1) is 0 Å². The first-order valence-corrected chi connectivity index (χ1v) is 12.2. The smallest absolute Gasteiger partial charge is 0.147 e. The number of nitrogens with one attached hydrogen (secondary N) is 2. The predicted octanol–water partition coefficient (Wildman–Crippen LogP) is 6.70. The molecule has 1 aliphatic rings. The van der Waals surface area contributed by atoms with Gasteiger partial charge in [0.1, 0.15) is 16.3 Å². The predicted molar refractivity (Wildman–Crippen MR) is 129 cm³/mol. The highest BCUT2D eigenvalue weighted by molar-refractivity contribution is 8.08. The lowest BCUT2D eigenvalue weighted by Crippen LogP contribution is -2.11. The quantitative estimate of drug-likeness (QED) is 0.395. The van der Waals surface area contributed by atoms with Crippen molar-refractivity contribution in [2.24, 2.45) is 0 Å². The molecule has 0 radical (unpaired) electrons. The number of aryl methyl sites for hydroxylation is 1. The van der Waals surface area contributed by atoms with Crippen LogP contribution in [-0.2, 0) is 21.2 Å². The molecule has 0 aromatic heterocycles. The van der Waals surface area contributed by atoms with Gasteiger partial charge in [-0.1, -0.05) is 32.4 Å². The second-order valence-corrected chi connectivity index (χ2v) is 7.98. The van der Waals surface area contributed by atoms with Gasteiger partial charge in [-0.3, -0.25) is 0 Å². The van der Waals surface area contributed by atoms with Gasteiger partial charge >= 0.3 is 0 Å². The van der Waals surface area contributed by atoms with Crippen molar-refractivity contribution in [1.29, 1.82) is 0 Å². The van der Waals surface area contributed by atoms with Crippen LogP contribution in [0.1, 0.15) is 45.6 Å². The highest BCUT2D eigenvalue weighted by atomic mass is 35.7. The van der Waals surface area contributed by atoms with E-state index in [9.17, 15) is 9.00 Å². The van der Waals surface area contributed by atoms with Crippen molar-refractivity contribution < 1.29 is 9.00 Å². The molecule has 2 N–H and O–H groups in total. The number of hydrogen-bond donors (Lipinski definition) is 2. The Morgan fingerprint density at radius 3 is 2.31 bits per heavy atom. The summed E-state index contributed by atoms with van der Waals surface area (Å²) >= 11 is 5.85. The molecular weight excluding hydrogens is 427 g/mol. The van der Waals surface area contributed by atoms with Crippen molar-refractivity contribution in [3.63, 3.8) is 0 Å². The second kappa shape index (κ2) is 17.3. The number of anilines is 2. The fraction of sp³-hybridized carbons (Fsp3) is 0.409. The number of benzene rings is 2. The largest absolute Gasteiger partial charge is 0.388 e. The Bertz CT molecular complexity index is 725. The summed E-state index contributed by atoms with van der Waals surface area (Å²) in [4.78, 5) is 10.0. The molecule has 3 rings (SSSR count). The van der Waals surface area contributed by atoms with E-state index in [4.69, 9.17) is 22.3 Å². The van der Waals surface area contributed by atoms with Gasteiger partial charge in [0, 0.05) is 36.4 Å². The molecule has 2 aromatic carbocycles. The maximum Gasteiger partial charge on any atom is 0.147 e. The first-order chi connectivity index (χ1) is 14.0. The van der Waals surface area contributed by atoms with E-state index in [-0.39, 0.29) is 0 Å². The molecule has 0 amide bonds. The van der Waals surface area contributed by atoms with E-state index in [0.29, 0.717) is 11.3 Å². The third-order valence-corrected chi connectivity index (χ3v) is 5.15. The summed E-state index contributed by atoms with van der Waals surface area (Å²) in [6, 6.07) is 13.1. The van der Waals surface area contributed by atoms with Crippen LogP contribution in [0.3, 0.4) is 0 Å². The molecule has 2 aromatic rings. The van der Waals surface area contributed by atoms with Gasteiger partial charge in [-0.2, -0.15) is 0 Å². The van der Waals surface area contributed by atoms with Crippen molar-refractivity contribution in [2.45, 2.75) is 51.3 Å². The normalized spacial score (nSPS) is 12.1. The second-order valence-electron chi connectivity index (χ2n) is 5.78. The van der Waals surface area contributed by atoms with Crippen molar-refractivity contribution in [1.82, 2.24) is 0 Å². The lowest BCUT2D eigenvalue weighted by molar-refractivity contribution is -0.107. The van der Waals surface area contributed by atoms with E-state index in [1.54, 1.807) is 12.1 Å². The number of carbonyl (C=O) groups is 1. The minimum Gasteiger partial charge on any atom is -0.388 e. The highest BCUT2D eigenvalue weighted by Gasteiger charge is 2.07. The van der Waals surface area contributed by atoms with E-state index in [2.05, 4.69) is 16.7 Å². The summed E-state index contributed by atoms with van der Waals surface area (Å²) in [7, 11) is 5.78. The van der Waals surface area contributed by atoms with Crippen molar-refractivity contribution in [3.05, 3.63) is 53.1 Å². The third kappa shape index (κ3) is 11.9. The van der Waals surface area contributed by atoms with Crippen molar-refractivity contribution in [3.8, 4) is 0 Å². The molecular formula is C22H32Cl2N2O2S. The number of hydrogen-bond acceptors (Lipinski definition) is 4. The molecule has 0 saturated carbocycles. The van der Waals surface area contributed by atoms with Gasteiger partial charge in [-0.25, -0.2) is 4.21 Å². The van der Waals surface area contributed by atoms with E-state index >= 15 is 0 Å². The number of unbranched alkanes of at least 4 members (excludes halogenated alkanes) is 1. The molecule has 0 fully saturated rings. The van der Waals surface area contributed by atoms with Crippen molar-refractivity contribution in [2.75, 3.05) is 24.2 Å². The molecule has 0 bridgehead atoms. The zero-order valence-corrected chi connectivity index (χ0v) is 20.0. The lowest BCUT2D eigenvalue weighted by atomic mass is 10.0. The molecule has 7 heteroatoms. The van der Waals surface area contributed by atoms with Crippen LogP contribution in [0.25, 0.3) is 0 Å². The van der Waals surface area contributed by atoms with Gasteiger partial charge in [-0.15, -0.1) is 0 Å². The minimum atomic E-state index is -1.39. The van der Waals surface area contributed by atoms with Crippen LogP contribution in [0.2, 0.25) is 5.02 Å². The molecule has 0 saturated heterocycles. The average Bonchev–Trinajstić information content (AvgIpc) is 2.76. The number of fused-ring (bicyclic) bond motifs is 1. The van der Waals surface area contributed by atoms with Crippen LogP contribution >= 0.6 is 22.3 Å². The Hall–Kier alpha value is -1.56. The Kier molecular flexibility index (Phi) is 16.4. The lowest BCUT2D eigenvalue weighted by Gasteiger charge is -2.17. The van der Waals surface area contributed by atoms with E-state index in [1.807, 2.05) is 52.1 Å². The van der Waals surface area contributed by atoms with Crippen LogP contribution in [0.5, 0.6) is 0 Å². The fourth-order valence-corrected chi connectivity index (χ4v) is 3.14. The molecule has 0 spiro atoms. The number of carbonyl (C=O) groups excluding carboxylic acids is 1. The molecule has 4 nitrogen and oxygen atoms in total. The number of rotatable bonds is 4. The maximum atomic E-state index is 10.7. The van der Waals surface area contributed by atoms with E-state index in [1.165, 1.54) is 17.7 Å². The maximum absolute atomic E-state index is 10.7. The Morgan fingerprint density at radius 2 is 1.83 bits per heavy atom. The summed E-state index contributed by atoms with van der Waals surface area (Å²) in [6.45, 7) is 7.07. The summed E-state index contributed by atoms with van der Waals surface area (Å²) < 4.78 is 10.7. The highest BCUT2D eigenvalue weighted by Crippen LogP contribution is 2.24. The van der Waals surface area contributed by atoms with Gasteiger partial charge in [0.05, 0.1) is 4.90 Å². The van der Waals surface area contributed by atoms with Gasteiger partial charge < -0.3 is 15.4 Å². The van der Waals surface area contributed by atoms with E-state index in [0.717, 1.165) is 36.4 Å². The Labute approximate surface area is 187 Å². The van der Waals surface area contributed by atoms with Crippen LogP contribution in [-0.4, -0.2) is 24.1 Å². The Morgan fingerprint density at radius 1 is 1.17 bits per heavy atom. The fourth-order valence-electron chi connectivity index (χ4n) is 2.29. The molecule has 162 valence electrons. The van der Waals surface area contributed by atoms with Crippen molar-refractivity contribution >= 4 is 50.0 Å². The number of aldehydes is 1. The van der Waals surface area contributed by atoms with E-state index < -0.39 is 10.0 Å². The molecule has 0 aliphatic carbocycles. The van der Waals surface area contributed by atoms with Gasteiger partial charge in [0.15, 0.2) is 0 Å². The van der Waals surface area contributed by atoms with Crippen LogP contribution in [0.4, 0.5) is 11.4 Å². The topological polar surface area (TPSA) is 58.2 Å². The molecule has 1 unspecified atom stereocenters. The van der Waals surface area contributed by atoms with Crippen LogP contribution in [0.15, 0.2) is 47.4 Å². The van der Waals surface area contributed by atoms with Gasteiger partial charge in [-0.05, 0) is 78.0 Å². The monoisotopic (exact) mass is 458 g/mol.